The smallest absolute Gasteiger partial charge is 0.326 e. The van der Waals surface area contributed by atoms with Gasteiger partial charge in [0, 0.05) is 77.4 Å². The highest BCUT2D eigenvalue weighted by molar-refractivity contribution is 5.97. The van der Waals surface area contributed by atoms with Gasteiger partial charge in [-0.3, -0.25) is 48.4 Å². The highest BCUT2D eigenvalue weighted by atomic mass is 16.4. The van der Waals surface area contributed by atoms with Crippen LogP contribution in [0.25, 0.3) is 6.08 Å². The molecule has 23 heteroatoms. The summed E-state index contributed by atoms with van der Waals surface area (Å²) in [4.78, 5) is 128. The minimum Gasteiger partial charge on any atom is -0.481 e. The monoisotopic (exact) mass is 979 g/mol. The number of carbonyl (C=O) groups excluding carboxylic acids is 6. The lowest BCUT2D eigenvalue weighted by Crippen LogP contribution is -2.49. The van der Waals surface area contributed by atoms with Gasteiger partial charge in [-0.15, -0.1) is 0 Å². The summed E-state index contributed by atoms with van der Waals surface area (Å²) in [6, 6.07) is 11.4. The van der Waals surface area contributed by atoms with Crippen molar-refractivity contribution < 1.29 is 68.4 Å². The number of aliphatic carboxylic acids is 4. The van der Waals surface area contributed by atoms with Gasteiger partial charge in [-0.25, -0.2) is 9.59 Å². The lowest BCUT2D eigenvalue weighted by atomic mass is 10.1. The van der Waals surface area contributed by atoms with Gasteiger partial charge < -0.3 is 56.6 Å². The van der Waals surface area contributed by atoms with E-state index in [1.54, 1.807) is 40.1 Å². The average molecular weight is 980 g/mol. The van der Waals surface area contributed by atoms with Gasteiger partial charge in [0.25, 0.3) is 5.91 Å². The van der Waals surface area contributed by atoms with Crippen molar-refractivity contribution in [1.82, 2.24) is 46.2 Å². The number of aldehydes is 2. The summed E-state index contributed by atoms with van der Waals surface area (Å²) in [5.41, 5.74) is 1.82. The highest BCUT2D eigenvalue weighted by Gasteiger charge is 2.24. The van der Waals surface area contributed by atoms with Crippen LogP contribution in [-0.2, 0) is 44.9 Å². The predicted octanol–water partition coefficient (Wildman–Crippen LogP) is -0.434. The van der Waals surface area contributed by atoms with Crippen LogP contribution in [0.5, 0.6) is 0 Å². The molecule has 1 unspecified atom stereocenters. The fourth-order valence-electron chi connectivity index (χ4n) is 7.23. The molecule has 0 spiro atoms. The van der Waals surface area contributed by atoms with Crippen LogP contribution in [0.15, 0.2) is 60.7 Å². The first kappa shape index (κ1) is 57.2. The van der Waals surface area contributed by atoms with E-state index >= 15 is 0 Å². The molecule has 382 valence electrons. The molecule has 3 atom stereocenters. The van der Waals surface area contributed by atoms with Crippen LogP contribution in [-0.4, -0.2) is 203 Å². The molecular formula is C47H65N9O14. The first-order valence-corrected chi connectivity index (χ1v) is 22.9. The molecule has 0 bridgehead atoms. The Bertz CT molecular complexity index is 2070. The number of hydrogen-bond acceptors (Lipinski definition) is 14. The van der Waals surface area contributed by atoms with Gasteiger partial charge in [-0.1, -0.05) is 54.6 Å². The maximum atomic E-state index is 13.5. The van der Waals surface area contributed by atoms with Crippen LogP contribution in [0.1, 0.15) is 60.0 Å². The number of benzene rings is 2. The van der Waals surface area contributed by atoms with Crippen molar-refractivity contribution >= 4 is 66.3 Å². The largest absolute Gasteiger partial charge is 0.481 e. The highest BCUT2D eigenvalue weighted by Crippen LogP contribution is 2.09. The number of unbranched alkanes of at least 4 members (excludes halogenated alkanes) is 1. The van der Waals surface area contributed by atoms with Crippen molar-refractivity contribution in [2.75, 3.05) is 85.1 Å². The fourth-order valence-corrected chi connectivity index (χ4v) is 7.23. The Kier molecular flexibility index (Phi) is 26.1. The Hall–Kier alpha value is -7.08. The SMILES string of the molecule is O=CCN1CCN(CC(=O)O)CCN(CC(=O)O)CCN(CC(=O)NCc2ccc(C(=O)N[C@H](C/C=C/c3ccccc3)C(=O)NCCCC[C@@H](C=O)NC(=O)NC(CCC(=O)O)C(=O)O)cc2)CC1. The summed E-state index contributed by atoms with van der Waals surface area (Å²) in [6.07, 6.45) is 5.05. The Labute approximate surface area is 405 Å². The number of nitrogens with zero attached hydrogens (tertiary/aromatic N) is 4. The van der Waals surface area contributed by atoms with E-state index in [0.717, 1.165) is 11.8 Å². The van der Waals surface area contributed by atoms with E-state index in [1.165, 1.54) is 0 Å². The number of nitrogens with one attached hydrogen (secondary N) is 5. The van der Waals surface area contributed by atoms with Crippen molar-refractivity contribution in [2.24, 2.45) is 0 Å². The third-order valence-electron chi connectivity index (χ3n) is 11.1. The molecule has 0 radical (unpaired) electrons. The van der Waals surface area contributed by atoms with Crippen LogP contribution in [0, 0.1) is 0 Å². The molecule has 1 saturated heterocycles. The van der Waals surface area contributed by atoms with E-state index in [-0.39, 0.29) is 70.0 Å². The number of amides is 5. The molecular weight excluding hydrogens is 915 g/mol. The Balaban J connectivity index is 1.56. The number of carboxylic acids is 4. The zero-order valence-electron chi connectivity index (χ0n) is 39.0. The lowest BCUT2D eigenvalue weighted by Gasteiger charge is -2.32. The van der Waals surface area contributed by atoms with E-state index in [4.69, 9.17) is 5.11 Å². The van der Waals surface area contributed by atoms with Crippen molar-refractivity contribution in [3.8, 4) is 0 Å². The number of rotatable bonds is 28. The third-order valence-corrected chi connectivity index (χ3v) is 11.1. The molecule has 2 aromatic rings. The van der Waals surface area contributed by atoms with Crippen LogP contribution in [0.2, 0.25) is 0 Å². The summed E-state index contributed by atoms with van der Waals surface area (Å²) in [6.45, 7) is 2.68. The second-order valence-corrected chi connectivity index (χ2v) is 16.6. The molecule has 1 aliphatic rings. The summed E-state index contributed by atoms with van der Waals surface area (Å²) in [5, 5.41) is 49.9. The zero-order chi connectivity index (χ0) is 51.3. The fraction of sp³-hybridized carbons (Fsp3) is 0.489. The van der Waals surface area contributed by atoms with E-state index in [0.29, 0.717) is 77.0 Å². The molecule has 9 N–H and O–H groups in total. The summed E-state index contributed by atoms with van der Waals surface area (Å²) < 4.78 is 0. The second kappa shape index (κ2) is 31.9. The van der Waals surface area contributed by atoms with Gasteiger partial charge >= 0.3 is 29.9 Å². The maximum Gasteiger partial charge on any atom is 0.326 e. The zero-order valence-corrected chi connectivity index (χ0v) is 39.0. The van der Waals surface area contributed by atoms with Crippen molar-refractivity contribution in [2.45, 2.75) is 63.2 Å². The molecule has 1 fully saturated rings. The molecule has 0 aromatic heterocycles. The normalized spacial score (nSPS) is 15.7. The van der Waals surface area contributed by atoms with E-state index in [2.05, 4.69) is 26.6 Å². The van der Waals surface area contributed by atoms with Gasteiger partial charge in [-0.05, 0) is 55.4 Å². The van der Waals surface area contributed by atoms with E-state index < -0.39 is 66.3 Å². The second-order valence-electron chi connectivity index (χ2n) is 16.6. The third kappa shape index (κ3) is 23.8. The van der Waals surface area contributed by atoms with Crippen molar-refractivity contribution in [3.05, 3.63) is 77.4 Å². The molecule has 1 heterocycles. The first-order valence-electron chi connectivity index (χ1n) is 22.9. The Morgan fingerprint density at radius 3 is 1.74 bits per heavy atom. The Morgan fingerprint density at radius 2 is 1.20 bits per heavy atom. The number of urea groups is 1. The van der Waals surface area contributed by atoms with Gasteiger partial charge in [0.2, 0.25) is 11.8 Å². The molecule has 70 heavy (non-hydrogen) atoms. The van der Waals surface area contributed by atoms with Gasteiger partial charge in [-0.2, -0.15) is 0 Å². The minimum atomic E-state index is -1.47. The molecule has 2 aromatic carbocycles. The average Bonchev–Trinajstić information content (AvgIpc) is 3.32. The lowest BCUT2D eigenvalue weighted by molar-refractivity contribution is -0.141. The predicted molar refractivity (Wildman–Crippen MR) is 253 cm³/mol. The summed E-state index contributed by atoms with van der Waals surface area (Å²) >= 11 is 0. The van der Waals surface area contributed by atoms with Gasteiger partial charge in [0.05, 0.1) is 32.2 Å². The van der Waals surface area contributed by atoms with Crippen LogP contribution < -0.4 is 26.6 Å². The molecule has 0 saturated carbocycles. The molecule has 5 amide bonds. The van der Waals surface area contributed by atoms with Crippen LogP contribution >= 0.6 is 0 Å². The molecule has 0 aliphatic carbocycles. The van der Waals surface area contributed by atoms with Crippen molar-refractivity contribution in [3.63, 3.8) is 0 Å². The Morgan fingerprint density at radius 1 is 0.614 bits per heavy atom. The standard InChI is InChI=1S/C47H65N9O14/c57-28-27-53-19-21-54(23-24-56(32-43(64)65)26-25-55(22-20-53)31-42(62)63)30-40(59)49-29-35-12-14-36(15-13-35)44(66)51-38(11-6-9-34-7-2-1-3-8-34)45(67)48-18-5-4-10-37(33-58)50-47(70)52-39(46(68)69)16-17-41(60)61/h1-3,6-9,12-15,28,33,37-39H,4-5,10-11,16-27,29-32H2,(H,48,67)(H,49,59)(H,51,66)(H,60,61)(H,62,63)(H,64,65)(H,68,69)(H2,50,52,70)/b9-6+/t37-,38+,39?/m0/s1. The number of carbonyl (C=O) groups is 10. The van der Waals surface area contributed by atoms with Gasteiger partial charge in [0.15, 0.2) is 0 Å². The number of hydrogen-bond donors (Lipinski definition) is 9. The van der Waals surface area contributed by atoms with Gasteiger partial charge in [0.1, 0.15) is 24.7 Å². The molecule has 1 aliphatic heterocycles. The summed E-state index contributed by atoms with van der Waals surface area (Å²) in [7, 11) is 0. The van der Waals surface area contributed by atoms with Crippen molar-refractivity contribution in [1.29, 1.82) is 0 Å². The van der Waals surface area contributed by atoms with Crippen LogP contribution in [0.4, 0.5) is 4.79 Å². The van der Waals surface area contributed by atoms with Crippen LogP contribution in [0.3, 0.4) is 0 Å². The maximum absolute atomic E-state index is 13.5. The first-order chi connectivity index (χ1) is 33.5. The summed E-state index contributed by atoms with van der Waals surface area (Å²) in [5.74, 6) is -6.01. The van der Waals surface area contributed by atoms with E-state index in [1.807, 2.05) is 46.2 Å². The number of carboxylic acid groups (broad SMARTS) is 4. The van der Waals surface area contributed by atoms with E-state index in [9.17, 15) is 63.3 Å². The molecule has 23 nitrogen and oxygen atoms in total. The quantitative estimate of drug-likeness (QED) is 0.0386. The minimum absolute atomic E-state index is 0.0197. The topological polar surface area (TPSA) is 325 Å². The molecule has 3 rings (SSSR count).